The van der Waals surface area contributed by atoms with E-state index < -0.39 is 41.3 Å². The van der Waals surface area contributed by atoms with Gasteiger partial charge in [-0.25, -0.2) is 9.59 Å². The van der Waals surface area contributed by atoms with Crippen LogP contribution < -0.4 is 16.4 Å². The Morgan fingerprint density at radius 1 is 0.573 bits per heavy atom. The Balaban J connectivity index is 0.000000285. The monoisotopic (exact) mass is 1160 g/mol. The molecule has 3 aromatic rings. The second-order valence-corrected chi connectivity index (χ2v) is 21.9. The van der Waals surface area contributed by atoms with Crippen molar-refractivity contribution in [3.05, 3.63) is 108 Å². The van der Waals surface area contributed by atoms with Gasteiger partial charge >= 0.3 is 42.0 Å². The lowest BCUT2D eigenvalue weighted by atomic mass is 9.89. The van der Waals surface area contributed by atoms with Gasteiger partial charge in [0.25, 0.3) is 0 Å². The van der Waals surface area contributed by atoms with Crippen LogP contribution in [-0.4, -0.2) is 142 Å². The van der Waals surface area contributed by atoms with E-state index >= 15 is 0 Å². The maximum absolute atomic E-state index is 12.6. The summed E-state index contributed by atoms with van der Waals surface area (Å²) in [4.78, 5) is 139. The van der Waals surface area contributed by atoms with Gasteiger partial charge in [0.2, 0.25) is 23.6 Å². The first-order valence-corrected chi connectivity index (χ1v) is 28.2. The number of hydrogen-bond donors (Lipinski definition) is 4. The summed E-state index contributed by atoms with van der Waals surface area (Å²) in [6.07, 6.45) is 3.70. The van der Waals surface area contributed by atoms with E-state index in [1.54, 1.807) is 20.8 Å². The summed E-state index contributed by atoms with van der Waals surface area (Å²) in [6.45, 7) is 12.2. The Labute approximate surface area is 482 Å². The number of esters is 4. The number of cyclic esters (lactones) is 4. The number of likely N-dealkylation sites (tertiary alicyclic amines) is 2. The Kier molecular flexibility index (Phi) is 29.4. The van der Waals surface area contributed by atoms with E-state index in [9.17, 15) is 57.5 Å². The molecule has 4 saturated heterocycles. The number of carboxylic acid groups (broad SMARTS) is 1. The van der Waals surface area contributed by atoms with Crippen molar-refractivity contribution in [2.24, 2.45) is 5.73 Å². The summed E-state index contributed by atoms with van der Waals surface area (Å²) in [7, 11) is 0. The van der Waals surface area contributed by atoms with Crippen LogP contribution in [0.4, 0.5) is 9.59 Å². The minimum Gasteiger partial charge on any atom is -0.481 e. The lowest BCUT2D eigenvalue weighted by Crippen LogP contribution is -2.47. The van der Waals surface area contributed by atoms with Gasteiger partial charge < -0.3 is 40.4 Å². The van der Waals surface area contributed by atoms with Gasteiger partial charge in [0.15, 0.2) is 0 Å². The first kappa shape index (κ1) is 68.5. The summed E-state index contributed by atoms with van der Waals surface area (Å²) in [6, 6.07) is 28.3. The minimum atomic E-state index is -0.950. The molecule has 5 N–H and O–H groups in total. The van der Waals surface area contributed by atoms with Gasteiger partial charge in [-0.15, -0.1) is 11.8 Å². The van der Waals surface area contributed by atoms with Gasteiger partial charge in [0, 0.05) is 71.2 Å². The highest BCUT2D eigenvalue weighted by molar-refractivity contribution is 8.00. The number of nitrogens with one attached hydrogen (secondary N) is 2. The third kappa shape index (κ3) is 26.7. The van der Waals surface area contributed by atoms with E-state index in [0.29, 0.717) is 77.3 Å². The Morgan fingerprint density at radius 2 is 0.988 bits per heavy atom. The van der Waals surface area contributed by atoms with Crippen LogP contribution in [-0.2, 0) is 66.9 Å². The Hall–Kier alpha value is -7.79. The summed E-state index contributed by atoms with van der Waals surface area (Å²) >= 11 is 1.06. The van der Waals surface area contributed by atoms with Gasteiger partial charge in [-0.05, 0) is 90.3 Å². The molecule has 4 aliphatic heterocycles. The second kappa shape index (κ2) is 35.2. The van der Waals surface area contributed by atoms with Crippen LogP contribution in [0.15, 0.2) is 91.0 Å². The largest absolute Gasteiger partial charge is 0.481 e. The molecule has 3 unspecified atom stereocenters. The summed E-state index contributed by atoms with van der Waals surface area (Å²) in [5.41, 5.74) is 6.90. The third-order valence-corrected chi connectivity index (χ3v) is 12.9. The first-order valence-electron chi connectivity index (χ1n) is 27.0. The zero-order valence-corrected chi connectivity index (χ0v) is 48.3. The molecule has 7 rings (SSSR count). The van der Waals surface area contributed by atoms with Crippen molar-refractivity contribution in [3.63, 3.8) is 0 Å². The van der Waals surface area contributed by atoms with Crippen molar-refractivity contribution in [2.75, 3.05) is 44.2 Å². The number of piperidine rings is 2. The molecule has 4 heterocycles. The standard InChI is InChI=1S/C18H24N2O4.C18H21NO5S.C11H10O3.C7H16N2O2.C5H6O3/c1-18(2,3)24-17(23)19-11-12-20-15(21)10-9-14(16(20)22)13-7-5-4-6-8-13;20-14(11-25-12-17(22)23)7-4-10-19-16(21)9-8-15(18(19)24)13-5-2-1-3-6-13;12-10-7-6-9(11(13)14-10)8-4-2-1-3-5-8;1-7(2,3)11-6(10)9-5-4-8;6-4-2-1-3-5(7)8-4/h4-8,14H,9-12H2,1-3H3,(H,19,23);1-3,5-6,15H,4,7-12H2,(H,22,23);1-5,9H,6-7H2;4-5,8H2,1-3H3,(H,9,10);1-3H2. The first-order chi connectivity index (χ1) is 38.8. The van der Waals surface area contributed by atoms with Crippen LogP contribution in [0.1, 0.15) is 147 Å². The fraction of sp³-hybridized carbons (Fsp3) is 0.492. The molecule has 0 aromatic heterocycles. The highest BCUT2D eigenvalue weighted by atomic mass is 32.2. The van der Waals surface area contributed by atoms with E-state index in [-0.39, 0.29) is 96.7 Å². The topological polar surface area (TPSA) is 319 Å². The molecule has 0 aliphatic carbocycles. The van der Waals surface area contributed by atoms with Gasteiger partial charge in [0.05, 0.1) is 29.3 Å². The predicted octanol–water partition coefficient (Wildman–Crippen LogP) is 6.87. The number of benzene rings is 3. The maximum atomic E-state index is 12.6. The number of Topliss-reactive ketones (excluding diaryl/α,β-unsaturated/α-hetero) is 1. The van der Waals surface area contributed by atoms with E-state index in [4.69, 9.17) is 20.3 Å². The molecule has 4 fully saturated rings. The highest BCUT2D eigenvalue weighted by Gasteiger charge is 2.36. The highest BCUT2D eigenvalue weighted by Crippen LogP contribution is 2.31. The molecule has 82 heavy (non-hydrogen) atoms. The van der Waals surface area contributed by atoms with Gasteiger partial charge in [-0.3, -0.25) is 57.7 Å². The van der Waals surface area contributed by atoms with Crippen molar-refractivity contribution in [1.82, 2.24) is 20.4 Å². The molecule has 0 bridgehead atoms. The molecule has 0 spiro atoms. The number of amides is 6. The van der Waals surface area contributed by atoms with Crippen molar-refractivity contribution in [2.45, 2.75) is 141 Å². The average molecular weight is 1160 g/mol. The number of imide groups is 2. The fourth-order valence-corrected chi connectivity index (χ4v) is 8.82. The number of carbonyl (C=O) groups is 12. The number of nitrogens with zero attached hydrogens (tertiary/aromatic N) is 2. The summed E-state index contributed by atoms with van der Waals surface area (Å²) in [5.74, 6) is -4.26. The molecule has 0 saturated carbocycles. The lowest BCUT2D eigenvalue weighted by molar-refractivity contribution is -0.165. The molecule has 22 nitrogen and oxygen atoms in total. The lowest BCUT2D eigenvalue weighted by Gasteiger charge is -2.31. The fourth-order valence-electron chi connectivity index (χ4n) is 8.17. The van der Waals surface area contributed by atoms with E-state index in [1.165, 1.54) is 9.80 Å². The van der Waals surface area contributed by atoms with Crippen LogP contribution >= 0.6 is 11.8 Å². The molecule has 3 atom stereocenters. The molecule has 0 radical (unpaired) electrons. The van der Waals surface area contributed by atoms with E-state index in [1.807, 2.05) is 112 Å². The molecule has 4 aliphatic rings. The number of ether oxygens (including phenoxy) is 4. The third-order valence-electron chi connectivity index (χ3n) is 11.9. The van der Waals surface area contributed by atoms with E-state index in [2.05, 4.69) is 20.1 Å². The molecular weight excluding hydrogens is 1080 g/mol. The molecule has 6 amide bonds. The number of thioether (sulfide) groups is 1. The number of alkyl carbamates (subject to hydrolysis) is 2. The zero-order chi connectivity index (χ0) is 60.8. The maximum Gasteiger partial charge on any atom is 0.407 e. The van der Waals surface area contributed by atoms with Crippen LogP contribution in [0.2, 0.25) is 0 Å². The van der Waals surface area contributed by atoms with Gasteiger partial charge in [-0.2, -0.15) is 0 Å². The smallest absolute Gasteiger partial charge is 0.407 e. The Morgan fingerprint density at radius 3 is 1.39 bits per heavy atom. The normalized spacial score (nSPS) is 18.0. The average Bonchev–Trinajstić information content (AvgIpc) is 3.47. The summed E-state index contributed by atoms with van der Waals surface area (Å²) in [5, 5.41) is 13.6. The molecule has 23 heteroatoms. The second-order valence-electron chi connectivity index (χ2n) is 20.9. The van der Waals surface area contributed by atoms with Crippen LogP contribution in [0, 0.1) is 0 Å². The van der Waals surface area contributed by atoms with Crippen molar-refractivity contribution < 1.29 is 81.6 Å². The van der Waals surface area contributed by atoms with Gasteiger partial charge in [0.1, 0.15) is 17.0 Å². The van der Waals surface area contributed by atoms with Crippen molar-refractivity contribution in [3.8, 4) is 0 Å². The number of hydrogen-bond acceptors (Lipinski definition) is 18. The van der Waals surface area contributed by atoms with Crippen LogP contribution in [0.5, 0.6) is 0 Å². The number of nitrogens with two attached hydrogens (primary N) is 1. The van der Waals surface area contributed by atoms with E-state index in [0.717, 1.165) is 28.5 Å². The number of ketones is 1. The predicted molar refractivity (Wildman–Crippen MR) is 301 cm³/mol. The van der Waals surface area contributed by atoms with Crippen LogP contribution in [0.25, 0.3) is 0 Å². The zero-order valence-electron chi connectivity index (χ0n) is 47.5. The quantitative estimate of drug-likeness (QED) is 0.0492. The number of rotatable bonds is 16. The molecule has 3 aromatic carbocycles. The number of carboxylic acids is 1. The SMILES string of the molecule is CC(C)(C)OC(=O)NCCN.CC(C)(C)OC(=O)NCCN1C(=O)CCC(c2ccccc2)C1=O.O=C(O)CSCC(=O)CCCN1C(=O)CCC(c2ccccc2)C1=O.O=C1CCC(c2ccccc2)C(=O)O1.O=C1CCCC(=O)O1. The summed E-state index contributed by atoms with van der Waals surface area (Å²) < 4.78 is 18.9. The number of carbonyl (C=O) groups excluding carboxylic acids is 11. The number of aliphatic carboxylic acids is 1. The molecule has 446 valence electrons. The van der Waals surface area contributed by atoms with Gasteiger partial charge in [-0.1, -0.05) is 91.0 Å². The van der Waals surface area contributed by atoms with Crippen molar-refractivity contribution in [1.29, 1.82) is 0 Å². The minimum absolute atomic E-state index is 0.0669. The van der Waals surface area contributed by atoms with Crippen molar-refractivity contribution >= 4 is 83.2 Å². The Bertz CT molecular complexity index is 2630. The van der Waals surface area contributed by atoms with Crippen LogP contribution in [0.3, 0.4) is 0 Å². The molecular formula is C59H77N5O17S.